The minimum Gasteiger partial charge on any atom is -0.101 e. The van der Waals surface area contributed by atoms with Crippen molar-refractivity contribution >= 4 is 72.4 Å². The van der Waals surface area contributed by atoms with E-state index in [0.717, 1.165) is 39.6 Å². The van der Waals surface area contributed by atoms with Crippen LogP contribution in [0.5, 0.6) is 0 Å². The zero-order valence-corrected chi connectivity index (χ0v) is 12.5. The summed E-state index contributed by atoms with van der Waals surface area (Å²) in [7, 11) is 0. The largest absolute Gasteiger partial charge is 0.146 e. The van der Waals surface area contributed by atoms with Crippen LogP contribution in [0, 0.1) is 0 Å². The topological polar surface area (TPSA) is 0 Å². The molecule has 0 saturated carbocycles. The Morgan fingerprint density at radius 2 is 0.444 bits per heavy atom. The molecule has 0 N–H and O–H groups in total. The van der Waals surface area contributed by atoms with E-state index in [9.17, 15) is 0 Å². The summed E-state index contributed by atoms with van der Waals surface area (Å²) in [5.41, 5.74) is 10.6. The van der Waals surface area contributed by atoms with E-state index in [1.54, 1.807) is 32.8 Å². The van der Waals surface area contributed by atoms with Crippen LogP contribution in [-0.4, -0.2) is 39.6 Å². The first kappa shape index (κ1) is 11.4. The molecule has 0 radical (unpaired) electrons. The van der Waals surface area contributed by atoms with Gasteiger partial charge in [0.2, 0.25) is 0 Å². The van der Waals surface area contributed by atoms with Crippen LogP contribution in [-0.2, 0) is 0 Å². The standard InChI is InChI=1S/C12H18B6/c1-13-7-8(14(13)2)10-12(18(6)16(10)4)11-9(7)15(3)17(11)5/h1-6H3. The molecule has 18 heavy (non-hydrogen) atoms. The molecule has 1 aromatic rings. The number of benzene rings is 1. The van der Waals surface area contributed by atoms with Gasteiger partial charge in [0.1, 0.15) is 39.6 Å². The van der Waals surface area contributed by atoms with Gasteiger partial charge in [0.25, 0.3) is 0 Å². The van der Waals surface area contributed by atoms with Gasteiger partial charge in [-0.25, -0.2) is 0 Å². The first-order chi connectivity index (χ1) is 8.46. The number of hydrogen-bond donors (Lipinski definition) is 0. The highest BCUT2D eigenvalue weighted by atomic mass is 14.2. The summed E-state index contributed by atoms with van der Waals surface area (Å²) in [4.78, 5) is 0. The molecule has 84 valence electrons. The highest BCUT2D eigenvalue weighted by Crippen LogP contribution is 2.13. The molecule has 0 amide bonds. The third-order valence-corrected chi connectivity index (χ3v) is 6.72. The van der Waals surface area contributed by atoms with Crippen LogP contribution >= 0.6 is 0 Å². The minimum atomic E-state index is 0.803. The van der Waals surface area contributed by atoms with E-state index < -0.39 is 0 Å². The van der Waals surface area contributed by atoms with Crippen molar-refractivity contribution in [3.63, 3.8) is 0 Å². The van der Waals surface area contributed by atoms with E-state index >= 15 is 0 Å². The van der Waals surface area contributed by atoms with E-state index in [0.29, 0.717) is 0 Å². The number of rotatable bonds is 0. The molecule has 0 aromatic heterocycles. The highest BCUT2D eigenvalue weighted by molar-refractivity contribution is 7.52. The minimum absolute atomic E-state index is 0.803. The molecule has 3 aliphatic heterocycles. The average Bonchev–Trinajstić information content (AvgIpc) is 2.41. The normalized spacial score (nSPS) is 19.0. The molecule has 0 atom stereocenters. The van der Waals surface area contributed by atoms with E-state index in [2.05, 4.69) is 40.9 Å². The van der Waals surface area contributed by atoms with E-state index in [4.69, 9.17) is 0 Å². The van der Waals surface area contributed by atoms with Gasteiger partial charge < -0.3 is 0 Å². The second-order valence-corrected chi connectivity index (χ2v) is 7.21. The monoisotopic (exact) mass is 228 g/mol. The van der Waals surface area contributed by atoms with Gasteiger partial charge in [-0.05, 0) is 0 Å². The lowest BCUT2D eigenvalue weighted by Crippen LogP contribution is -2.96. The van der Waals surface area contributed by atoms with E-state index in [1.807, 2.05) is 0 Å². The fourth-order valence-electron chi connectivity index (χ4n) is 5.03. The van der Waals surface area contributed by atoms with Crippen molar-refractivity contribution in [1.29, 1.82) is 0 Å². The van der Waals surface area contributed by atoms with Crippen molar-refractivity contribution in [2.45, 2.75) is 40.9 Å². The Balaban J connectivity index is 2.05. The zero-order valence-electron chi connectivity index (χ0n) is 12.5. The maximum Gasteiger partial charge on any atom is 0.146 e. The van der Waals surface area contributed by atoms with Gasteiger partial charge in [0, 0.05) is 0 Å². The lowest BCUT2D eigenvalue weighted by molar-refractivity contribution is 1.84. The lowest BCUT2D eigenvalue weighted by atomic mass is 8.85. The van der Waals surface area contributed by atoms with Gasteiger partial charge in [-0.2, -0.15) is 0 Å². The Morgan fingerprint density at radius 1 is 0.333 bits per heavy atom. The van der Waals surface area contributed by atoms with Crippen molar-refractivity contribution in [3.05, 3.63) is 0 Å². The second kappa shape index (κ2) is 3.19. The quantitative estimate of drug-likeness (QED) is 0.448. The van der Waals surface area contributed by atoms with Crippen LogP contribution in [0.4, 0.5) is 0 Å². The third kappa shape index (κ3) is 0.938. The summed E-state index contributed by atoms with van der Waals surface area (Å²) in [6.07, 6.45) is 0. The number of fused-ring (bicyclic) bond motifs is 6. The summed E-state index contributed by atoms with van der Waals surface area (Å²) in [6.45, 7) is 19.4. The van der Waals surface area contributed by atoms with Crippen molar-refractivity contribution in [2.75, 3.05) is 0 Å². The maximum absolute atomic E-state index is 2.43. The predicted molar refractivity (Wildman–Crippen MR) is 94.0 cm³/mol. The smallest absolute Gasteiger partial charge is 0.101 e. The van der Waals surface area contributed by atoms with Crippen molar-refractivity contribution < 1.29 is 0 Å². The summed E-state index contributed by atoms with van der Waals surface area (Å²) >= 11 is 0. The molecule has 3 aliphatic rings. The maximum atomic E-state index is 2.43. The number of hydrogen-bond acceptors (Lipinski definition) is 0. The van der Waals surface area contributed by atoms with Crippen molar-refractivity contribution in [3.8, 4) is 0 Å². The van der Waals surface area contributed by atoms with Gasteiger partial charge in [-0.15, -0.1) is 32.8 Å². The fourth-order valence-corrected chi connectivity index (χ4v) is 5.03. The zero-order chi connectivity index (χ0) is 12.9. The van der Waals surface area contributed by atoms with Crippen LogP contribution in [0.25, 0.3) is 0 Å². The highest BCUT2D eigenvalue weighted by Gasteiger charge is 2.54. The molecule has 0 bridgehead atoms. The first-order valence-electron chi connectivity index (χ1n) is 7.70. The molecule has 0 saturated heterocycles. The second-order valence-electron chi connectivity index (χ2n) is 7.21. The summed E-state index contributed by atoms with van der Waals surface area (Å²) in [5.74, 6) is 0. The predicted octanol–water partition coefficient (Wildman–Crippen LogP) is -2.05. The molecule has 1 aromatic carbocycles. The molecule has 0 spiro atoms. The van der Waals surface area contributed by atoms with Crippen LogP contribution < -0.4 is 32.8 Å². The summed E-state index contributed by atoms with van der Waals surface area (Å²) in [6, 6.07) is 0. The van der Waals surface area contributed by atoms with Gasteiger partial charge in [0.15, 0.2) is 0 Å². The van der Waals surface area contributed by atoms with Crippen LogP contribution in [0.1, 0.15) is 0 Å². The SMILES string of the molecule is CB1B(C)c2c1c1c(c3c2B(C)B3C)B(C)B1C. The molecular weight excluding hydrogens is 209 g/mol. The Morgan fingerprint density at radius 3 is 0.556 bits per heavy atom. The van der Waals surface area contributed by atoms with Crippen LogP contribution in [0.15, 0.2) is 0 Å². The molecule has 4 rings (SSSR count). The lowest BCUT2D eigenvalue weighted by Gasteiger charge is -2.52. The average molecular weight is 227 g/mol. The Kier molecular flexibility index (Phi) is 2.03. The summed E-state index contributed by atoms with van der Waals surface area (Å²) in [5, 5.41) is 0. The first-order valence-corrected chi connectivity index (χ1v) is 7.70. The van der Waals surface area contributed by atoms with Crippen molar-refractivity contribution in [1.82, 2.24) is 0 Å². The van der Waals surface area contributed by atoms with Crippen LogP contribution in [0.2, 0.25) is 40.9 Å². The van der Waals surface area contributed by atoms with Gasteiger partial charge in [0.05, 0.1) is 0 Å². The molecule has 0 fully saturated rings. The molecule has 0 nitrogen and oxygen atoms in total. The van der Waals surface area contributed by atoms with Gasteiger partial charge >= 0.3 is 0 Å². The van der Waals surface area contributed by atoms with E-state index in [-0.39, 0.29) is 0 Å². The summed E-state index contributed by atoms with van der Waals surface area (Å²) < 4.78 is 0. The molecule has 6 heteroatoms. The Labute approximate surface area is 113 Å². The molecule has 3 heterocycles. The third-order valence-electron chi connectivity index (χ3n) is 6.72. The van der Waals surface area contributed by atoms with Gasteiger partial charge in [-0.1, -0.05) is 40.9 Å². The Bertz CT molecular complexity index is 431. The van der Waals surface area contributed by atoms with Crippen LogP contribution in [0.3, 0.4) is 0 Å². The Hall–Kier alpha value is -0.390. The van der Waals surface area contributed by atoms with Gasteiger partial charge in [-0.3, -0.25) is 0 Å². The molecular formula is C12H18B6. The molecule has 0 aliphatic carbocycles. The molecule has 0 unspecified atom stereocenters. The van der Waals surface area contributed by atoms with Crippen molar-refractivity contribution in [2.24, 2.45) is 0 Å². The fraction of sp³-hybridized carbons (Fsp3) is 0.500. The van der Waals surface area contributed by atoms with E-state index in [1.165, 1.54) is 0 Å².